The van der Waals surface area contributed by atoms with Crippen molar-refractivity contribution in [3.63, 3.8) is 0 Å². The minimum atomic E-state index is -0.249. The van der Waals surface area contributed by atoms with E-state index in [4.69, 9.17) is 4.52 Å². The molecule has 5 heteroatoms. The molecule has 3 rings (SSSR count). The van der Waals surface area contributed by atoms with Gasteiger partial charge in [-0.25, -0.2) is 0 Å². The van der Waals surface area contributed by atoms with Gasteiger partial charge in [0.05, 0.1) is 16.1 Å². The smallest absolute Gasteiger partial charge is 0.233 e. The minimum absolute atomic E-state index is 0.0726. The zero-order chi connectivity index (χ0) is 10.6. The zero-order valence-corrected chi connectivity index (χ0v) is 8.55. The molecule has 1 aliphatic rings. The van der Waals surface area contributed by atoms with Gasteiger partial charge in [-0.1, -0.05) is 5.16 Å². The summed E-state index contributed by atoms with van der Waals surface area (Å²) in [6.07, 6.45) is 0. The maximum absolute atomic E-state index is 12.0. The third kappa shape index (κ3) is 0.928. The lowest BCUT2D eigenvalue weighted by Gasteiger charge is -2.07. The van der Waals surface area contributed by atoms with Crippen LogP contribution in [-0.4, -0.2) is 16.7 Å². The second-order valence-corrected chi connectivity index (χ2v) is 4.21. The van der Waals surface area contributed by atoms with Gasteiger partial charge >= 0.3 is 0 Å². The minimum Gasteiger partial charge on any atom is -0.352 e. The van der Waals surface area contributed by atoms with E-state index in [1.165, 1.54) is 11.3 Å². The molecule has 1 aliphatic carbocycles. The van der Waals surface area contributed by atoms with E-state index in [1.54, 1.807) is 18.4 Å². The summed E-state index contributed by atoms with van der Waals surface area (Å²) >= 11 is 1.27. The number of carbonyl (C=O) groups excluding carboxylic acids is 2. The number of carbonyl (C=O) groups is 2. The number of aryl methyl sites for hydroxylation is 1. The lowest BCUT2D eigenvalue weighted by Crippen LogP contribution is -2.17. The van der Waals surface area contributed by atoms with E-state index >= 15 is 0 Å². The van der Waals surface area contributed by atoms with Crippen LogP contribution < -0.4 is 0 Å². The second-order valence-electron chi connectivity index (χ2n) is 3.29. The third-order valence-electron chi connectivity index (χ3n) is 2.41. The summed E-state index contributed by atoms with van der Waals surface area (Å²) in [5.74, 6) is -0.335. The molecule has 0 saturated heterocycles. The maximum Gasteiger partial charge on any atom is 0.233 e. The molecule has 0 saturated carbocycles. The molecule has 2 aromatic heterocycles. The van der Waals surface area contributed by atoms with Gasteiger partial charge in [-0.05, 0) is 18.4 Å². The molecule has 15 heavy (non-hydrogen) atoms. The maximum atomic E-state index is 12.0. The summed E-state index contributed by atoms with van der Waals surface area (Å²) in [4.78, 5) is 24.3. The molecule has 0 unspecified atom stereocenters. The van der Waals surface area contributed by atoms with Gasteiger partial charge in [-0.2, -0.15) is 0 Å². The summed E-state index contributed by atoms with van der Waals surface area (Å²) in [6.45, 7) is 1.66. The van der Waals surface area contributed by atoms with Crippen molar-refractivity contribution in [3.05, 3.63) is 38.9 Å². The van der Waals surface area contributed by atoms with E-state index in [2.05, 4.69) is 5.16 Å². The Morgan fingerprint density at radius 1 is 1.33 bits per heavy atom. The molecule has 0 aromatic carbocycles. The molecular formula is C10H5NO3S. The summed E-state index contributed by atoms with van der Waals surface area (Å²) in [6, 6.07) is 1.64. The van der Waals surface area contributed by atoms with Crippen molar-refractivity contribution in [2.75, 3.05) is 0 Å². The fourth-order valence-corrected chi connectivity index (χ4v) is 2.53. The number of thiophene rings is 1. The highest BCUT2D eigenvalue weighted by Gasteiger charge is 2.36. The Kier molecular flexibility index (Phi) is 1.50. The highest BCUT2D eigenvalue weighted by atomic mass is 32.1. The van der Waals surface area contributed by atoms with Gasteiger partial charge in [0.15, 0.2) is 0 Å². The molecule has 4 nitrogen and oxygen atoms in total. The molecule has 2 aromatic rings. The Hall–Kier alpha value is -1.75. The average molecular weight is 219 g/mol. The predicted octanol–water partition coefficient (Wildman–Crippen LogP) is 1.82. The summed E-state index contributed by atoms with van der Waals surface area (Å²) in [5, 5.41) is 5.38. The molecule has 0 radical (unpaired) electrons. The number of fused-ring (bicyclic) bond motifs is 2. The van der Waals surface area contributed by atoms with Crippen LogP contribution in [0.3, 0.4) is 0 Å². The van der Waals surface area contributed by atoms with Gasteiger partial charge in [0, 0.05) is 5.56 Å². The average Bonchev–Trinajstić information content (AvgIpc) is 2.80. The van der Waals surface area contributed by atoms with Crippen LogP contribution in [0.5, 0.6) is 0 Å². The second kappa shape index (κ2) is 2.64. The Morgan fingerprint density at radius 2 is 2.13 bits per heavy atom. The molecule has 0 bridgehead atoms. The Morgan fingerprint density at radius 3 is 2.93 bits per heavy atom. The normalized spacial score (nSPS) is 13.9. The van der Waals surface area contributed by atoms with Gasteiger partial charge in [0.2, 0.25) is 17.3 Å². The van der Waals surface area contributed by atoms with E-state index in [0.29, 0.717) is 21.7 Å². The molecule has 0 amide bonds. The first kappa shape index (κ1) is 8.55. The number of nitrogens with zero attached hydrogens (tertiary/aromatic N) is 1. The van der Waals surface area contributed by atoms with Crippen LogP contribution in [0.25, 0.3) is 0 Å². The summed E-state index contributed by atoms with van der Waals surface area (Å²) < 4.78 is 4.88. The first-order valence-electron chi connectivity index (χ1n) is 4.33. The molecule has 0 spiro atoms. The van der Waals surface area contributed by atoms with Gasteiger partial charge < -0.3 is 4.52 Å². The van der Waals surface area contributed by atoms with Crippen molar-refractivity contribution >= 4 is 22.9 Å². The Bertz CT molecular complexity index is 594. The predicted molar refractivity (Wildman–Crippen MR) is 52.4 cm³/mol. The molecular weight excluding hydrogens is 214 g/mol. The Labute approximate surface area is 88.5 Å². The van der Waals surface area contributed by atoms with E-state index in [9.17, 15) is 9.59 Å². The van der Waals surface area contributed by atoms with Crippen LogP contribution in [0.2, 0.25) is 0 Å². The molecule has 0 fully saturated rings. The van der Waals surface area contributed by atoms with E-state index in [1.807, 2.05) is 0 Å². The van der Waals surface area contributed by atoms with Gasteiger partial charge in [0.1, 0.15) is 0 Å². The lowest BCUT2D eigenvalue weighted by atomic mass is 9.94. The fourth-order valence-electron chi connectivity index (χ4n) is 1.69. The highest BCUT2D eigenvalue weighted by molar-refractivity contribution is 7.12. The SMILES string of the molecule is Cc1noc2c1C(=O)c1sccc1C2=O. The van der Waals surface area contributed by atoms with Gasteiger partial charge in [-0.3, -0.25) is 9.59 Å². The van der Waals surface area contributed by atoms with Crippen molar-refractivity contribution in [3.8, 4) is 0 Å². The number of hydrogen-bond acceptors (Lipinski definition) is 5. The number of aromatic nitrogens is 1. The van der Waals surface area contributed by atoms with Gasteiger partial charge in [0.25, 0.3) is 0 Å². The van der Waals surface area contributed by atoms with Crippen LogP contribution in [-0.2, 0) is 0 Å². The third-order valence-corrected chi connectivity index (χ3v) is 3.33. The highest BCUT2D eigenvalue weighted by Crippen LogP contribution is 2.31. The standard InChI is InChI=1S/C10H5NO3S/c1-4-6-8(13)10-5(2-3-15-10)7(12)9(6)14-11-4/h2-3H,1H3. The largest absolute Gasteiger partial charge is 0.352 e. The van der Waals surface area contributed by atoms with Gasteiger partial charge in [-0.15, -0.1) is 11.3 Å². The lowest BCUT2D eigenvalue weighted by molar-refractivity contribution is 0.0958. The molecule has 74 valence electrons. The summed E-state index contributed by atoms with van der Waals surface area (Å²) in [5.41, 5.74) is 1.21. The topological polar surface area (TPSA) is 60.2 Å². The monoisotopic (exact) mass is 219 g/mol. The molecule has 0 atom stereocenters. The quantitative estimate of drug-likeness (QED) is 0.578. The molecule has 2 heterocycles. The van der Waals surface area contributed by atoms with Crippen molar-refractivity contribution in [2.45, 2.75) is 6.92 Å². The van der Waals surface area contributed by atoms with Crippen molar-refractivity contribution in [1.29, 1.82) is 0 Å². The Balaban J connectivity index is 2.37. The van der Waals surface area contributed by atoms with Crippen molar-refractivity contribution in [2.24, 2.45) is 0 Å². The van der Waals surface area contributed by atoms with E-state index in [0.717, 1.165) is 0 Å². The van der Waals surface area contributed by atoms with Crippen molar-refractivity contribution in [1.82, 2.24) is 5.16 Å². The first-order valence-corrected chi connectivity index (χ1v) is 5.21. The van der Waals surface area contributed by atoms with E-state index < -0.39 is 0 Å². The van der Waals surface area contributed by atoms with Crippen LogP contribution in [0.15, 0.2) is 16.0 Å². The van der Waals surface area contributed by atoms with Crippen LogP contribution >= 0.6 is 11.3 Å². The number of rotatable bonds is 0. The zero-order valence-electron chi connectivity index (χ0n) is 7.73. The van der Waals surface area contributed by atoms with Crippen molar-refractivity contribution < 1.29 is 14.1 Å². The molecule has 0 aliphatic heterocycles. The number of ketones is 2. The van der Waals surface area contributed by atoms with E-state index in [-0.39, 0.29) is 17.3 Å². The molecule has 0 N–H and O–H groups in total. The van der Waals surface area contributed by atoms with Crippen LogP contribution in [0.4, 0.5) is 0 Å². The first-order chi connectivity index (χ1) is 7.20. The van der Waals surface area contributed by atoms with Crippen LogP contribution in [0, 0.1) is 6.92 Å². The summed E-state index contributed by atoms with van der Waals surface area (Å²) in [7, 11) is 0. The number of hydrogen-bond donors (Lipinski definition) is 0. The fraction of sp³-hybridized carbons (Fsp3) is 0.100. The van der Waals surface area contributed by atoms with Crippen LogP contribution in [0.1, 0.15) is 37.0 Å².